The third kappa shape index (κ3) is 12.8. The van der Waals surface area contributed by atoms with Crippen LogP contribution in [0.1, 0.15) is 51.7 Å². The molecule has 9 nitrogen and oxygen atoms in total. The zero-order valence-corrected chi connectivity index (χ0v) is 23.7. The van der Waals surface area contributed by atoms with E-state index >= 15 is 0 Å². The van der Waals surface area contributed by atoms with Gasteiger partial charge in [0.1, 0.15) is 18.2 Å². The Bertz CT molecular complexity index is 1010. The molecule has 2 atom stereocenters. The first-order chi connectivity index (χ1) is 18.6. The van der Waals surface area contributed by atoms with Gasteiger partial charge in [0, 0.05) is 25.7 Å². The SMILES string of the molecule is COC(=O)C(CCOCc1ccccc1)NCC(C)N(CCC(=O)OC(C)(C)C)C(=O)OCc1ccccc1. The molecule has 0 spiro atoms. The standard InChI is InChI=1S/C30H42N2O7/c1-23(20-31-26(28(34)36-5)17-19-37-21-24-12-8-6-9-13-24)32(18-16-27(33)39-30(2,3)4)29(35)38-22-25-14-10-7-11-15-25/h6-15,23,26,31H,16-22H2,1-5H3. The van der Waals surface area contributed by atoms with Crippen molar-refractivity contribution >= 4 is 18.0 Å². The number of hydrogen-bond donors (Lipinski definition) is 1. The fraction of sp³-hybridized carbons (Fsp3) is 0.500. The van der Waals surface area contributed by atoms with Crippen molar-refractivity contribution in [2.75, 3.05) is 26.8 Å². The fourth-order valence-corrected chi connectivity index (χ4v) is 3.73. The number of benzene rings is 2. The van der Waals surface area contributed by atoms with Crippen LogP contribution in [-0.4, -0.2) is 67.4 Å². The van der Waals surface area contributed by atoms with Crippen molar-refractivity contribution in [3.8, 4) is 0 Å². The van der Waals surface area contributed by atoms with Gasteiger partial charge in [0.25, 0.3) is 0 Å². The van der Waals surface area contributed by atoms with Gasteiger partial charge in [-0.3, -0.25) is 9.59 Å². The predicted molar refractivity (Wildman–Crippen MR) is 148 cm³/mol. The number of esters is 2. The summed E-state index contributed by atoms with van der Waals surface area (Å²) in [7, 11) is 1.33. The maximum Gasteiger partial charge on any atom is 0.410 e. The Morgan fingerprint density at radius 2 is 1.51 bits per heavy atom. The van der Waals surface area contributed by atoms with E-state index in [9.17, 15) is 14.4 Å². The Labute approximate surface area is 231 Å². The number of rotatable bonds is 15. The predicted octanol–water partition coefficient (Wildman–Crippen LogP) is 4.48. The lowest BCUT2D eigenvalue weighted by Crippen LogP contribution is -2.49. The van der Waals surface area contributed by atoms with Gasteiger partial charge in [-0.1, -0.05) is 60.7 Å². The van der Waals surface area contributed by atoms with Crippen molar-refractivity contribution in [1.82, 2.24) is 10.2 Å². The topological polar surface area (TPSA) is 103 Å². The molecule has 2 rings (SSSR count). The van der Waals surface area contributed by atoms with Gasteiger partial charge in [0.15, 0.2) is 0 Å². The highest BCUT2D eigenvalue weighted by Crippen LogP contribution is 2.12. The summed E-state index contributed by atoms with van der Waals surface area (Å²) in [6, 6.07) is 18.1. The van der Waals surface area contributed by atoms with Crippen LogP contribution < -0.4 is 5.32 Å². The lowest BCUT2D eigenvalue weighted by molar-refractivity contribution is -0.155. The number of carbonyl (C=O) groups excluding carboxylic acids is 3. The first kappa shape index (κ1) is 31.8. The largest absolute Gasteiger partial charge is 0.468 e. The number of nitrogens with one attached hydrogen (secondary N) is 1. The summed E-state index contributed by atoms with van der Waals surface area (Å²) in [5, 5.41) is 3.18. The molecular weight excluding hydrogens is 500 g/mol. The number of methoxy groups -OCH3 is 1. The average Bonchev–Trinajstić information content (AvgIpc) is 2.91. The Hall–Kier alpha value is -3.43. The van der Waals surface area contributed by atoms with Crippen LogP contribution >= 0.6 is 0 Å². The molecule has 0 aliphatic carbocycles. The Morgan fingerprint density at radius 3 is 2.08 bits per heavy atom. The van der Waals surface area contributed by atoms with Crippen molar-refractivity contribution in [2.45, 2.75) is 71.4 Å². The van der Waals surface area contributed by atoms with Crippen LogP contribution in [-0.2, 0) is 41.8 Å². The molecule has 2 unspecified atom stereocenters. The maximum absolute atomic E-state index is 13.0. The molecule has 214 valence electrons. The molecule has 1 N–H and O–H groups in total. The molecule has 39 heavy (non-hydrogen) atoms. The molecule has 0 bridgehead atoms. The number of nitrogens with zero attached hydrogens (tertiary/aromatic N) is 1. The third-order valence-corrected chi connectivity index (χ3v) is 5.76. The summed E-state index contributed by atoms with van der Waals surface area (Å²) in [5.41, 5.74) is 1.27. The zero-order valence-electron chi connectivity index (χ0n) is 23.7. The van der Waals surface area contributed by atoms with Crippen LogP contribution in [0, 0.1) is 0 Å². The van der Waals surface area contributed by atoms with E-state index in [0.717, 1.165) is 11.1 Å². The highest BCUT2D eigenvalue weighted by molar-refractivity contribution is 5.75. The van der Waals surface area contributed by atoms with Gasteiger partial charge in [-0.15, -0.1) is 0 Å². The van der Waals surface area contributed by atoms with E-state index in [0.29, 0.717) is 19.6 Å². The molecule has 0 aromatic heterocycles. The molecule has 0 fully saturated rings. The van der Waals surface area contributed by atoms with Crippen molar-refractivity contribution in [2.24, 2.45) is 0 Å². The van der Waals surface area contributed by atoms with Gasteiger partial charge in [-0.05, 0) is 45.2 Å². The van der Waals surface area contributed by atoms with E-state index in [1.165, 1.54) is 12.0 Å². The van der Waals surface area contributed by atoms with Crippen LogP contribution in [0.4, 0.5) is 4.79 Å². The van der Waals surface area contributed by atoms with Crippen molar-refractivity contribution in [3.05, 3.63) is 71.8 Å². The van der Waals surface area contributed by atoms with Gasteiger partial charge >= 0.3 is 18.0 Å². The van der Waals surface area contributed by atoms with Crippen LogP contribution in [0.3, 0.4) is 0 Å². The summed E-state index contributed by atoms with van der Waals surface area (Å²) >= 11 is 0. The molecule has 0 heterocycles. The van der Waals surface area contributed by atoms with Crippen LogP contribution in [0.25, 0.3) is 0 Å². The van der Waals surface area contributed by atoms with E-state index in [1.807, 2.05) is 67.6 Å². The van der Waals surface area contributed by atoms with Crippen LogP contribution in [0.15, 0.2) is 60.7 Å². The third-order valence-electron chi connectivity index (χ3n) is 5.76. The Morgan fingerprint density at radius 1 is 0.923 bits per heavy atom. The summed E-state index contributed by atoms with van der Waals surface area (Å²) in [5.74, 6) is -0.830. The van der Waals surface area contributed by atoms with Crippen molar-refractivity contribution in [3.63, 3.8) is 0 Å². The molecular formula is C30H42N2O7. The maximum atomic E-state index is 13.0. The number of hydrogen-bond acceptors (Lipinski definition) is 8. The highest BCUT2D eigenvalue weighted by Gasteiger charge is 2.26. The molecule has 9 heteroatoms. The second kappa shape index (κ2) is 16.5. The van der Waals surface area contributed by atoms with E-state index in [2.05, 4.69) is 5.32 Å². The minimum absolute atomic E-state index is 0.00973. The molecule has 0 aliphatic rings. The quantitative estimate of drug-likeness (QED) is 0.200. The molecule has 0 saturated heterocycles. The smallest absolute Gasteiger partial charge is 0.410 e. The second-order valence-electron chi connectivity index (χ2n) is 10.2. The van der Waals surface area contributed by atoms with E-state index in [1.54, 1.807) is 20.8 Å². The highest BCUT2D eigenvalue weighted by atomic mass is 16.6. The monoisotopic (exact) mass is 542 g/mol. The summed E-state index contributed by atoms with van der Waals surface area (Å²) in [4.78, 5) is 39.3. The van der Waals surface area contributed by atoms with Gasteiger partial charge < -0.3 is 29.2 Å². The van der Waals surface area contributed by atoms with E-state index in [4.69, 9.17) is 18.9 Å². The molecule has 0 radical (unpaired) electrons. The van der Waals surface area contributed by atoms with Gasteiger partial charge in [-0.2, -0.15) is 0 Å². The number of ether oxygens (including phenoxy) is 4. The minimum Gasteiger partial charge on any atom is -0.468 e. The zero-order chi connectivity index (χ0) is 28.7. The lowest BCUT2D eigenvalue weighted by Gasteiger charge is -2.30. The molecule has 0 saturated carbocycles. The van der Waals surface area contributed by atoms with Gasteiger partial charge in [0.2, 0.25) is 0 Å². The molecule has 2 aromatic rings. The normalized spacial score (nSPS) is 12.7. The summed E-state index contributed by atoms with van der Waals surface area (Å²) in [6.45, 7) is 8.47. The van der Waals surface area contributed by atoms with Crippen molar-refractivity contribution < 1.29 is 33.3 Å². The summed E-state index contributed by atoms with van der Waals surface area (Å²) in [6.07, 6.45) is -0.157. The van der Waals surface area contributed by atoms with Gasteiger partial charge in [0.05, 0.1) is 20.1 Å². The van der Waals surface area contributed by atoms with E-state index in [-0.39, 0.29) is 26.1 Å². The first-order valence-corrected chi connectivity index (χ1v) is 13.2. The molecule has 1 amide bonds. The van der Waals surface area contributed by atoms with Gasteiger partial charge in [-0.25, -0.2) is 4.79 Å². The summed E-state index contributed by atoms with van der Waals surface area (Å²) < 4.78 is 21.6. The average molecular weight is 543 g/mol. The minimum atomic E-state index is -0.626. The Kier molecular flexibility index (Phi) is 13.5. The van der Waals surface area contributed by atoms with Crippen molar-refractivity contribution in [1.29, 1.82) is 0 Å². The Balaban J connectivity index is 1.97. The van der Waals surface area contributed by atoms with E-state index < -0.39 is 35.7 Å². The van der Waals surface area contributed by atoms with Crippen LogP contribution in [0.2, 0.25) is 0 Å². The fourth-order valence-electron chi connectivity index (χ4n) is 3.73. The number of amides is 1. The lowest BCUT2D eigenvalue weighted by atomic mass is 10.2. The molecule has 2 aromatic carbocycles. The number of carbonyl (C=O) groups is 3. The first-order valence-electron chi connectivity index (χ1n) is 13.2. The van der Waals surface area contributed by atoms with Crippen LogP contribution in [0.5, 0.6) is 0 Å². The second-order valence-corrected chi connectivity index (χ2v) is 10.2. The molecule has 0 aliphatic heterocycles.